The standard InChI is InChI=1S/C12H18N2O2/c15-10-12(6-2-1-3-7-12)14(11(16)13-10)8-9-4-5-9/h9H,1-8H2,(H,13,15,16). The second-order valence-electron chi connectivity index (χ2n) is 5.41. The highest BCUT2D eigenvalue weighted by atomic mass is 16.2. The van der Waals surface area contributed by atoms with Crippen molar-refractivity contribution < 1.29 is 9.59 Å². The van der Waals surface area contributed by atoms with Gasteiger partial charge in [0.1, 0.15) is 5.54 Å². The quantitative estimate of drug-likeness (QED) is 0.722. The molecule has 1 N–H and O–H groups in total. The van der Waals surface area contributed by atoms with Crippen LogP contribution in [0.25, 0.3) is 0 Å². The number of rotatable bonds is 2. The molecule has 1 heterocycles. The summed E-state index contributed by atoms with van der Waals surface area (Å²) in [5.74, 6) is 0.605. The lowest BCUT2D eigenvalue weighted by Crippen LogP contribution is -2.51. The molecule has 3 rings (SSSR count). The van der Waals surface area contributed by atoms with Gasteiger partial charge in [-0.05, 0) is 31.6 Å². The number of nitrogens with one attached hydrogen (secondary N) is 1. The van der Waals surface area contributed by atoms with Gasteiger partial charge in [-0.15, -0.1) is 0 Å². The van der Waals surface area contributed by atoms with Crippen molar-refractivity contribution in [3.63, 3.8) is 0 Å². The molecule has 0 aromatic carbocycles. The van der Waals surface area contributed by atoms with Crippen molar-refractivity contribution in [1.29, 1.82) is 0 Å². The van der Waals surface area contributed by atoms with Gasteiger partial charge >= 0.3 is 6.03 Å². The first-order chi connectivity index (χ1) is 7.72. The van der Waals surface area contributed by atoms with Crippen LogP contribution in [0.5, 0.6) is 0 Å². The molecule has 4 heteroatoms. The molecule has 0 aromatic rings. The first kappa shape index (κ1) is 10.1. The van der Waals surface area contributed by atoms with E-state index in [1.807, 2.05) is 4.90 Å². The lowest BCUT2D eigenvalue weighted by Gasteiger charge is -2.38. The summed E-state index contributed by atoms with van der Waals surface area (Å²) in [6.07, 6.45) is 7.49. The van der Waals surface area contributed by atoms with Crippen LogP contribution in [0.1, 0.15) is 44.9 Å². The molecule has 88 valence electrons. The van der Waals surface area contributed by atoms with E-state index in [0.29, 0.717) is 5.92 Å². The van der Waals surface area contributed by atoms with E-state index in [1.165, 1.54) is 19.3 Å². The summed E-state index contributed by atoms with van der Waals surface area (Å²) in [6, 6.07) is -0.154. The molecule has 0 bridgehead atoms. The number of carbonyl (C=O) groups is 2. The maximum Gasteiger partial charge on any atom is 0.325 e. The number of hydrogen-bond donors (Lipinski definition) is 1. The maximum absolute atomic E-state index is 12.0. The summed E-state index contributed by atoms with van der Waals surface area (Å²) in [5, 5.41) is 2.51. The highest BCUT2D eigenvalue weighted by Crippen LogP contribution is 2.40. The van der Waals surface area contributed by atoms with Crippen molar-refractivity contribution in [1.82, 2.24) is 10.2 Å². The Bertz CT molecular complexity index is 330. The number of imide groups is 1. The first-order valence-corrected chi connectivity index (χ1v) is 6.35. The number of nitrogens with zero attached hydrogens (tertiary/aromatic N) is 1. The van der Waals surface area contributed by atoms with E-state index in [-0.39, 0.29) is 11.9 Å². The monoisotopic (exact) mass is 222 g/mol. The van der Waals surface area contributed by atoms with Gasteiger partial charge in [0.05, 0.1) is 0 Å². The van der Waals surface area contributed by atoms with Crippen LogP contribution in [0.3, 0.4) is 0 Å². The number of urea groups is 1. The molecule has 2 aliphatic carbocycles. The van der Waals surface area contributed by atoms with Gasteiger partial charge in [0.15, 0.2) is 0 Å². The van der Waals surface area contributed by atoms with Crippen LogP contribution in [-0.2, 0) is 4.79 Å². The van der Waals surface area contributed by atoms with Crippen LogP contribution in [0.15, 0.2) is 0 Å². The Morgan fingerprint density at radius 2 is 1.88 bits per heavy atom. The van der Waals surface area contributed by atoms with Gasteiger partial charge in [-0.3, -0.25) is 10.1 Å². The van der Waals surface area contributed by atoms with E-state index in [4.69, 9.17) is 0 Å². The van der Waals surface area contributed by atoms with Gasteiger partial charge in [-0.25, -0.2) is 4.79 Å². The van der Waals surface area contributed by atoms with Gasteiger partial charge in [-0.2, -0.15) is 0 Å². The van der Waals surface area contributed by atoms with Crippen LogP contribution in [0.2, 0.25) is 0 Å². The van der Waals surface area contributed by atoms with Gasteiger partial charge in [-0.1, -0.05) is 19.3 Å². The summed E-state index contributed by atoms with van der Waals surface area (Å²) in [7, 11) is 0. The molecule has 0 atom stereocenters. The molecule has 2 saturated carbocycles. The van der Waals surface area contributed by atoms with E-state index in [9.17, 15) is 9.59 Å². The molecule has 16 heavy (non-hydrogen) atoms. The van der Waals surface area contributed by atoms with Crippen molar-refractivity contribution in [2.45, 2.75) is 50.5 Å². The molecule has 3 amide bonds. The molecular weight excluding hydrogens is 204 g/mol. The Kier molecular flexibility index (Phi) is 2.19. The molecule has 0 aromatic heterocycles. The Balaban J connectivity index is 1.85. The second kappa shape index (κ2) is 3.47. The van der Waals surface area contributed by atoms with Crippen molar-refractivity contribution >= 4 is 11.9 Å². The molecule has 1 spiro atoms. The number of carbonyl (C=O) groups excluding carboxylic acids is 2. The summed E-state index contributed by atoms with van der Waals surface area (Å²) in [6.45, 7) is 0.789. The van der Waals surface area contributed by atoms with Crippen LogP contribution in [-0.4, -0.2) is 28.9 Å². The third-order valence-corrected chi connectivity index (χ3v) is 4.22. The third kappa shape index (κ3) is 1.43. The van der Waals surface area contributed by atoms with Crippen molar-refractivity contribution in [3.05, 3.63) is 0 Å². The fourth-order valence-corrected chi connectivity index (χ4v) is 3.05. The normalized spacial score (nSPS) is 28.6. The minimum atomic E-state index is -0.474. The molecule has 3 fully saturated rings. The number of amides is 3. The molecule has 0 unspecified atom stereocenters. The van der Waals surface area contributed by atoms with Gasteiger partial charge in [0, 0.05) is 6.54 Å². The molecule has 1 saturated heterocycles. The Labute approximate surface area is 95.4 Å². The van der Waals surface area contributed by atoms with E-state index < -0.39 is 5.54 Å². The topological polar surface area (TPSA) is 49.4 Å². The van der Waals surface area contributed by atoms with E-state index >= 15 is 0 Å². The van der Waals surface area contributed by atoms with E-state index in [2.05, 4.69) is 5.32 Å². The molecule has 3 aliphatic rings. The SMILES string of the molecule is O=C1NC(=O)C2(CCCCC2)N1CC1CC1. The first-order valence-electron chi connectivity index (χ1n) is 6.35. The molecule has 4 nitrogen and oxygen atoms in total. The third-order valence-electron chi connectivity index (χ3n) is 4.22. The highest BCUT2D eigenvalue weighted by molar-refractivity contribution is 6.07. The minimum absolute atomic E-state index is 0.0437. The van der Waals surface area contributed by atoms with Crippen LogP contribution in [0, 0.1) is 5.92 Å². The van der Waals surface area contributed by atoms with Gasteiger partial charge in [0.2, 0.25) is 0 Å². The molecule has 0 radical (unpaired) electrons. The summed E-state index contributed by atoms with van der Waals surface area (Å²) < 4.78 is 0. The Hall–Kier alpha value is -1.06. The largest absolute Gasteiger partial charge is 0.325 e. The predicted octanol–water partition coefficient (Wildman–Crippen LogP) is 1.65. The summed E-state index contributed by atoms with van der Waals surface area (Å²) in [4.78, 5) is 25.7. The van der Waals surface area contributed by atoms with Gasteiger partial charge in [0.25, 0.3) is 5.91 Å². The highest BCUT2D eigenvalue weighted by Gasteiger charge is 2.53. The number of hydrogen-bond acceptors (Lipinski definition) is 2. The van der Waals surface area contributed by atoms with Crippen molar-refractivity contribution in [2.75, 3.05) is 6.54 Å². The molecular formula is C12H18N2O2. The van der Waals surface area contributed by atoms with Crippen molar-refractivity contribution in [3.8, 4) is 0 Å². The molecule has 1 aliphatic heterocycles. The Morgan fingerprint density at radius 3 is 2.50 bits per heavy atom. The average Bonchev–Trinajstić information content (AvgIpc) is 3.06. The smallest absolute Gasteiger partial charge is 0.309 e. The zero-order chi connectivity index (χ0) is 11.2. The fourth-order valence-electron chi connectivity index (χ4n) is 3.05. The average molecular weight is 222 g/mol. The van der Waals surface area contributed by atoms with Crippen molar-refractivity contribution in [2.24, 2.45) is 5.92 Å². The van der Waals surface area contributed by atoms with Crippen LogP contribution in [0.4, 0.5) is 4.79 Å². The Morgan fingerprint density at radius 1 is 1.19 bits per heavy atom. The van der Waals surface area contributed by atoms with Crippen LogP contribution < -0.4 is 5.32 Å². The fraction of sp³-hybridized carbons (Fsp3) is 0.833. The zero-order valence-electron chi connectivity index (χ0n) is 9.50. The summed E-state index contributed by atoms with van der Waals surface area (Å²) >= 11 is 0. The van der Waals surface area contributed by atoms with Crippen LogP contribution >= 0.6 is 0 Å². The lowest BCUT2D eigenvalue weighted by atomic mass is 9.80. The maximum atomic E-state index is 12.0. The van der Waals surface area contributed by atoms with E-state index in [1.54, 1.807) is 0 Å². The second-order valence-corrected chi connectivity index (χ2v) is 5.41. The van der Waals surface area contributed by atoms with Gasteiger partial charge < -0.3 is 4.90 Å². The minimum Gasteiger partial charge on any atom is -0.309 e. The summed E-state index contributed by atoms with van der Waals surface area (Å²) in [5.41, 5.74) is -0.474. The predicted molar refractivity (Wildman–Crippen MR) is 58.8 cm³/mol. The lowest BCUT2D eigenvalue weighted by molar-refractivity contribution is -0.128. The van der Waals surface area contributed by atoms with E-state index in [0.717, 1.165) is 32.2 Å². The zero-order valence-corrected chi connectivity index (χ0v) is 9.50.